The molecule has 0 aromatic carbocycles. The first-order chi connectivity index (χ1) is 6.16. The van der Waals surface area contributed by atoms with E-state index in [2.05, 4.69) is 0 Å². The van der Waals surface area contributed by atoms with Crippen LogP contribution in [-0.4, -0.2) is 18.4 Å². The lowest BCUT2D eigenvalue weighted by Crippen LogP contribution is -2.34. The lowest BCUT2D eigenvalue weighted by atomic mass is 9.86. The number of hydrogen-bond acceptors (Lipinski definition) is 3. The Balaban J connectivity index is 2.36. The second-order valence-electron chi connectivity index (χ2n) is 3.80. The lowest BCUT2D eigenvalue weighted by Gasteiger charge is -2.32. The van der Waals surface area contributed by atoms with Crippen LogP contribution in [0.15, 0.2) is 0 Å². The summed E-state index contributed by atoms with van der Waals surface area (Å²) in [6, 6.07) is 0. The molecule has 3 nitrogen and oxygen atoms in total. The average molecular weight is 186 g/mol. The summed E-state index contributed by atoms with van der Waals surface area (Å²) < 4.78 is 10.0. The van der Waals surface area contributed by atoms with Gasteiger partial charge in [0, 0.05) is 0 Å². The molecule has 0 saturated heterocycles. The summed E-state index contributed by atoms with van der Waals surface area (Å²) in [5, 5.41) is 0. The van der Waals surface area contributed by atoms with E-state index in [0.29, 0.717) is 6.61 Å². The molecule has 76 valence electrons. The number of rotatable bonds is 2. The highest BCUT2D eigenvalue weighted by atomic mass is 16.7. The summed E-state index contributed by atoms with van der Waals surface area (Å²) in [5.74, 6) is 0. The zero-order chi connectivity index (χ0) is 9.73. The third-order valence-electron chi connectivity index (χ3n) is 2.50. The van der Waals surface area contributed by atoms with Gasteiger partial charge in [0.1, 0.15) is 5.60 Å². The lowest BCUT2D eigenvalue weighted by molar-refractivity contribution is -0.0425. The standard InChI is InChI=1S/C10H18O3/c1-3-12-9(11)13-10(2)7-5-4-6-8-10/h3-8H2,1-2H3. The highest BCUT2D eigenvalue weighted by Gasteiger charge is 2.31. The van der Waals surface area contributed by atoms with E-state index < -0.39 is 6.16 Å². The zero-order valence-electron chi connectivity index (χ0n) is 8.47. The van der Waals surface area contributed by atoms with Gasteiger partial charge in [0.15, 0.2) is 0 Å². The summed E-state index contributed by atoms with van der Waals surface area (Å²) in [4.78, 5) is 11.1. The van der Waals surface area contributed by atoms with Crippen LogP contribution in [-0.2, 0) is 9.47 Å². The number of hydrogen-bond donors (Lipinski definition) is 0. The van der Waals surface area contributed by atoms with Crippen molar-refractivity contribution in [3.63, 3.8) is 0 Å². The van der Waals surface area contributed by atoms with Crippen LogP contribution < -0.4 is 0 Å². The maximum Gasteiger partial charge on any atom is 0.508 e. The Labute approximate surface area is 79.4 Å². The summed E-state index contributed by atoms with van der Waals surface area (Å²) in [6.45, 7) is 4.16. The van der Waals surface area contributed by atoms with Gasteiger partial charge in [-0.3, -0.25) is 0 Å². The molecular formula is C10H18O3. The minimum atomic E-state index is -0.521. The molecule has 0 atom stereocenters. The average Bonchev–Trinajstić information content (AvgIpc) is 2.04. The molecule has 1 fully saturated rings. The van der Waals surface area contributed by atoms with E-state index in [-0.39, 0.29) is 5.60 Å². The smallest absolute Gasteiger partial charge is 0.435 e. The molecule has 0 aromatic heterocycles. The molecular weight excluding hydrogens is 168 g/mol. The minimum Gasteiger partial charge on any atom is -0.435 e. The molecule has 0 radical (unpaired) electrons. The van der Waals surface area contributed by atoms with E-state index >= 15 is 0 Å². The Morgan fingerprint density at radius 2 is 1.92 bits per heavy atom. The SMILES string of the molecule is CCOC(=O)OC1(C)CCCCC1. The first-order valence-electron chi connectivity index (χ1n) is 5.02. The van der Waals surface area contributed by atoms with Gasteiger partial charge in [-0.25, -0.2) is 4.79 Å². The second kappa shape index (κ2) is 4.49. The Bertz CT molecular complexity index is 171. The monoisotopic (exact) mass is 186 g/mol. The Hall–Kier alpha value is -0.730. The van der Waals surface area contributed by atoms with Crippen LogP contribution in [0.4, 0.5) is 4.79 Å². The van der Waals surface area contributed by atoms with Crippen LogP contribution in [0.1, 0.15) is 46.0 Å². The summed E-state index contributed by atoms with van der Waals surface area (Å²) in [7, 11) is 0. The summed E-state index contributed by atoms with van der Waals surface area (Å²) in [5.41, 5.74) is -0.273. The maximum atomic E-state index is 11.1. The normalized spacial score (nSPS) is 20.8. The van der Waals surface area contributed by atoms with Crippen molar-refractivity contribution in [1.82, 2.24) is 0 Å². The van der Waals surface area contributed by atoms with Crippen LogP contribution in [0.3, 0.4) is 0 Å². The molecule has 1 rings (SSSR count). The first kappa shape index (κ1) is 10.4. The molecule has 1 aliphatic carbocycles. The van der Waals surface area contributed by atoms with Gasteiger partial charge in [-0.1, -0.05) is 6.42 Å². The Kier molecular flexibility index (Phi) is 3.58. The number of carbonyl (C=O) groups excluding carboxylic acids is 1. The molecule has 13 heavy (non-hydrogen) atoms. The van der Waals surface area contributed by atoms with Crippen molar-refractivity contribution in [2.75, 3.05) is 6.61 Å². The highest BCUT2D eigenvalue weighted by molar-refractivity contribution is 5.60. The van der Waals surface area contributed by atoms with Crippen LogP contribution in [0.5, 0.6) is 0 Å². The maximum absolute atomic E-state index is 11.1. The fraction of sp³-hybridized carbons (Fsp3) is 0.900. The molecule has 0 unspecified atom stereocenters. The van der Waals surface area contributed by atoms with Gasteiger partial charge in [0.05, 0.1) is 6.61 Å². The third-order valence-corrected chi connectivity index (χ3v) is 2.50. The van der Waals surface area contributed by atoms with Crippen LogP contribution in [0.25, 0.3) is 0 Å². The van der Waals surface area contributed by atoms with Crippen molar-refractivity contribution < 1.29 is 14.3 Å². The quantitative estimate of drug-likeness (QED) is 0.622. The van der Waals surface area contributed by atoms with Crippen molar-refractivity contribution in [3.8, 4) is 0 Å². The third kappa shape index (κ3) is 3.25. The largest absolute Gasteiger partial charge is 0.508 e. The Morgan fingerprint density at radius 3 is 2.46 bits per heavy atom. The Morgan fingerprint density at radius 1 is 1.31 bits per heavy atom. The minimum absolute atomic E-state index is 0.273. The molecule has 0 bridgehead atoms. The van der Waals surface area contributed by atoms with Gasteiger partial charge in [-0.2, -0.15) is 0 Å². The van der Waals surface area contributed by atoms with Gasteiger partial charge < -0.3 is 9.47 Å². The molecule has 0 N–H and O–H groups in total. The predicted octanol–water partition coefficient (Wildman–Crippen LogP) is 2.88. The molecule has 1 saturated carbocycles. The summed E-state index contributed by atoms with van der Waals surface area (Å²) in [6.07, 6.45) is 4.96. The van der Waals surface area contributed by atoms with E-state index in [0.717, 1.165) is 25.7 Å². The van der Waals surface area contributed by atoms with Gasteiger partial charge in [-0.05, 0) is 39.5 Å². The van der Waals surface area contributed by atoms with Gasteiger partial charge >= 0.3 is 6.16 Å². The van der Waals surface area contributed by atoms with Crippen molar-refractivity contribution >= 4 is 6.16 Å². The number of ether oxygens (including phenoxy) is 2. The van der Waals surface area contributed by atoms with Crippen LogP contribution in [0.2, 0.25) is 0 Å². The fourth-order valence-corrected chi connectivity index (χ4v) is 1.75. The van der Waals surface area contributed by atoms with Crippen LogP contribution >= 0.6 is 0 Å². The fourth-order valence-electron chi connectivity index (χ4n) is 1.75. The van der Waals surface area contributed by atoms with Crippen molar-refractivity contribution in [2.45, 2.75) is 51.6 Å². The molecule has 1 aliphatic rings. The van der Waals surface area contributed by atoms with Crippen molar-refractivity contribution in [2.24, 2.45) is 0 Å². The summed E-state index contributed by atoms with van der Waals surface area (Å²) >= 11 is 0. The van der Waals surface area contributed by atoms with E-state index in [1.807, 2.05) is 6.92 Å². The van der Waals surface area contributed by atoms with Crippen molar-refractivity contribution in [3.05, 3.63) is 0 Å². The van der Waals surface area contributed by atoms with Gasteiger partial charge in [-0.15, -0.1) is 0 Å². The zero-order valence-corrected chi connectivity index (χ0v) is 8.47. The van der Waals surface area contributed by atoms with E-state index in [1.54, 1.807) is 6.92 Å². The molecule has 0 spiro atoms. The molecule has 0 heterocycles. The molecule has 0 aliphatic heterocycles. The molecule has 3 heteroatoms. The van der Waals surface area contributed by atoms with E-state index in [4.69, 9.17) is 9.47 Å². The predicted molar refractivity (Wildman–Crippen MR) is 49.6 cm³/mol. The second-order valence-corrected chi connectivity index (χ2v) is 3.80. The molecule has 0 aromatic rings. The first-order valence-corrected chi connectivity index (χ1v) is 5.02. The van der Waals surface area contributed by atoms with E-state index in [9.17, 15) is 4.79 Å². The van der Waals surface area contributed by atoms with Crippen LogP contribution in [0, 0.1) is 0 Å². The van der Waals surface area contributed by atoms with Gasteiger partial charge in [0.2, 0.25) is 0 Å². The highest BCUT2D eigenvalue weighted by Crippen LogP contribution is 2.31. The van der Waals surface area contributed by atoms with Gasteiger partial charge in [0.25, 0.3) is 0 Å². The number of carbonyl (C=O) groups is 1. The molecule has 0 amide bonds. The van der Waals surface area contributed by atoms with Crippen molar-refractivity contribution in [1.29, 1.82) is 0 Å². The van der Waals surface area contributed by atoms with E-state index in [1.165, 1.54) is 6.42 Å². The topological polar surface area (TPSA) is 35.5 Å².